The lowest BCUT2D eigenvalue weighted by Crippen LogP contribution is -2.49. The molecule has 5 nitrogen and oxygen atoms in total. The van der Waals surface area contributed by atoms with Crippen LogP contribution >= 0.6 is 0 Å². The molecule has 0 bridgehead atoms. The summed E-state index contributed by atoms with van der Waals surface area (Å²) < 4.78 is 29.2. The molecule has 21 heavy (non-hydrogen) atoms. The first-order valence-corrected chi connectivity index (χ1v) is 9.65. The summed E-state index contributed by atoms with van der Waals surface area (Å²) in [4.78, 5) is 0. The molecule has 6 heteroatoms. The first-order valence-electron chi connectivity index (χ1n) is 8.25. The highest BCUT2D eigenvalue weighted by atomic mass is 32.2. The van der Waals surface area contributed by atoms with Crippen LogP contribution < -0.4 is 5.32 Å². The summed E-state index contributed by atoms with van der Waals surface area (Å²) in [6.07, 6.45) is 5.15. The van der Waals surface area contributed by atoms with E-state index in [0.29, 0.717) is 32.1 Å². The van der Waals surface area contributed by atoms with Gasteiger partial charge in [0.05, 0.1) is 0 Å². The number of hydrogen-bond acceptors (Lipinski definition) is 3. The van der Waals surface area contributed by atoms with Gasteiger partial charge in [-0.3, -0.25) is 0 Å². The van der Waals surface area contributed by atoms with Crippen molar-refractivity contribution in [3.8, 4) is 0 Å². The zero-order valence-electron chi connectivity index (χ0n) is 13.8. The number of hydrogen-bond donors (Lipinski definition) is 1. The Hall–Kier alpha value is -0.170. The Labute approximate surface area is 130 Å². The van der Waals surface area contributed by atoms with Crippen LogP contribution in [0.25, 0.3) is 0 Å². The van der Waals surface area contributed by atoms with Crippen LogP contribution in [-0.2, 0) is 10.2 Å². The molecule has 2 saturated heterocycles. The minimum Gasteiger partial charge on any atom is -0.319 e. The van der Waals surface area contributed by atoms with Gasteiger partial charge < -0.3 is 5.32 Å². The molecule has 0 aromatic rings. The van der Waals surface area contributed by atoms with Crippen LogP contribution in [-0.4, -0.2) is 56.8 Å². The van der Waals surface area contributed by atoms with Gasteiger partial charge in [0.15, 0.2) is 0 Å². The average Bonchev–Trinajstić information content (AvgIpc) is 2.61. The van der Waals surface area contributed by atoms with Crippen molar-refractivity contribution in [3.63, 3.8) is 0 Å². The molecule has 2 aliphatic heterocycles. The SMILES string of the molecule is CNCC1CCCN(S(=O)(=O)N2CCCC(C)(C)CC2)C1. The van der Waals surface area contributed by atoms with E-state index in [9.17, 15) is 8.42 Å². The van der Waals surface area contributed by atoms with Crippen molar-refractivity contribution < 1.29 is 8.42 Å². The van der Waals surface area contributed by atoms with Crippen molar-refractivity contribution in [3.05, 3.63) is 0 Å². The molecule has 0 radical (unpaired) electrons. The van der Waals surface area contributed by atoms with Crippen LogP contribution in [0.3, 0.4) is 0 Å². The standard InChI is InChI=1S/C15H31N3O2S/c1-15(2)7-5-10-17(11-8-15)21(19,20)18-9-4-6-14(13-18)12-16-3/h14,16H,4-13H2,1-3H3. The second-order valence-electron chi connectivity index (χ2n) is 7.35. The molecule has 2 aliphatic rings. The van der Waals surface area contributed by atoms with Crippen LogP contribution in [0.4, 0.5) is 0 Å². The van der Waals surface area contributed by atoms with E-state index >= 15 is 0 Å². The lowest BCUT2D eigenvalue weighted by Gasteiger charge is -2.35. The van der Waals surface area contributed by atoms with E-state index in [2.05, 4.69) is 19.2 Å². The smallest absolute Gasteiger partial charge is 0.281 e. The molecule has 1 N–H and O–H groups in total. The van der Waals surface area contributed by atoms with Gasteiger partial charge in [-0.05, 0) is 57.0 Å². The fourth-order valence-electron chi connectivity index (χ4n) is 3.48. The number of nitrogens with one attached hydrogen (secondary N) is 1. The Kier molecular flexibility index (Phi) is 5.68. The molecule has 2 rings (SSSR count). The first kappa shape index (κ1) is 17.2. The van der Waals surface area contributed by atoms with E-state index in [-0.39, 0.29) is 5.41 Å². The Morgan fingerprint density at radius 3 is 2.52 bits per heavy atom. The number of piperidine rings is 1. The van der Waals surface area contributed by atoms with Gasteiger partial charge in [0.25, 0.3) is 10.2 Å². The minimum atomic E-state index is -3.27. The number of nitrogens with zero attached hydrogens (tertiary/aromatic N) is 2. The highest BCUT2D eigenvalue weighted by molar-refractivity contribution is 7.86. The largest absolute Gasteiger partial charge is 0.319 e. The zero-order chi connectivity index (χ0) is 15.5. The second-order valence-corrected chi connectivity index (χ2v) is 9.28. The van der Waals surface area contributed by atoms with Crippen molar-refractivity contribution in [2.24, 2.45) is 11.3 Å². The van der Waals surface area contributed by atoms with Crippen molar-refractivity contribution in [1.82, 2.24) is 13.9 Å². The summed E-state index contributed by atoms with van der Waals surface area (Å²) in [5.74, 6) is 0.446. The predicted octanol–water partition coefficient (Wildman–Crippen LogP) is 1.67. The molecule has 0 aromatic heterocycles. The summed E-state index contributed by atoms with van der Waals surface area (Å²) >= 11 is 0. The predicted molar refractivity (Wildman–Crippen MR) is 86.3 cm³/mol. The van der Waals surface area contributed by atoms with Crippen LogP contribution in [0.15, 0.2) is 0 Å². The van der Waals surface area contributed by atoms with Gasteiger partial charge in [0, 0.05) is 26.2 Å². The third kappa shape index (κ3) is 4.41. The summed E-state index contributed by atoms with van der Waals surface area (Å²) in [6, 6.07) is 0. The highest BCUT2D eigenvalue weighted by Gasteiger charge is 2.35. The maximum atomic E-state index is 12.9. The molecule has 0 aliphatic carbocycles. The summed E-state index contributed by atoms with van der Waals surface area (Å²) in [6.45, 7) is 8.09. The lowest BCUT2D eigenvalue weighted by molar-refractivity contribution is 0.243. The van der Waals surface area contributed by atoms with E-state index in [4.69, 9.17) is 0 Å². The van der Waals surface area contributed by atoms with Crippen molar-refractivity contribution in [2.75, 3.05) is 39.8 Å². The van der Waals surface area contributed by atoms with E-state index < -0.39 is 10.2 Å². The third-order valence-corrected chi connectivity index (χ3v) is 6.93. The molecule has 0 spiro atoms. The fourth-order valence-corrected chi connectivity index (χ4v) is 5.25. The second kappa shape index (κ2) is 6.94. The fraction of sp³-hybridized carbons (Fsp3) is 1.00. The summed E-state index contributed by atoms with van der Waals surface area (Å²) in [7, 11) is -1.34. The minimum absolute atomic E-state index is 0.265. The molecular formula is C15H31N3O2S. The quantitative estimate of drug-likeness (QED) is 0.858. The molecule has 0 amide bonds. The van der Waals surface area contributed by atoms with Gasteiger partial charge in [0.1, 0.15) is 0 Å². The van der Waals surface area contributed by atoms with Crippen LogP contribution in [0.1, 0.15) is 46.0 Å². The van der Waals surface area contributed by atoms with Gasteiger partial charge >= 0.3 is 0 Å². The van der Waals surface area contributed by atoms with E-state index in [1.165, 1.54) is 0 Å². The average molecular weight is 317 g/mol. The molecule has 0 saturated carbocycles. The van der Waals surface area contributed by atoms with Gasteiger partial charge in [-0.15, -0.1) is 0 Å². The third-order valence-electron chi connectivity index (χ3n) is 4.93. The van der Waals surface area contributed by atoms with Crippen LogP contribution in [0.5, 0.6) is 0 Å². The lowest BCUT2D eigenvalue weighted by atomic mass is 9.85. The Morgan fingerprint density at radius 1 is 1.10 bits per heavy atom. The Bertz CT molecular complexity index is 434. The van der Waals surface area contributed by atoms with E-state index in [0.717, 1.165) is 38.6 Å². The highest BCUT2D eigenvalue weighted by Crippen LogP contribution is 2.31. The molecule has 2 heterocycles. The van der Waals surface area contributed by atoms with E-state index in [1.54, 1.807) is 8.61 Å². The molecular weight excluding hydrogens is 286 g/mol. The topological polar surface area (TPSA) is 52.7 Å². The molecule has 1 atom stereocenters. The van der Waals surface area contributed by atoms with Gasteiger partial charge in [-0.2, -0.15) is 17.0 Å². The van der Waals surface area contributed by atoms with E-state index in [1.807, 2.05) is 7.05 Å². The van der Waals surface area contributed by atoms with Crippen LogP contribution in [0, 0.1) is 11.3 Å². The molecule has 124 valence electrons. The van der Waals surface area contributed by atoms with Gasteiger partial charge in [-0.1, -0.05) is 13.8 Å². The zero-order valence-corrected chi connectivity index (χ0v) is 14.6. The van der Waals surface area contributed by atoms with Crippen molar-refractivity contribution in [2.45, 2.75) is 46.0 Å². The number of rotatable bonds is 4. The first-order chi connectivity index (χ1) is 9.85. The molecule has 2 fully saturated rings. The Morgan fingerprint density at radius 2 is 1.81 bits per heavy atom. The van der Waals surface area contributed by atoms with Gasteiger partial charge in [0.2, 0.25) is 0 Å². The Balaban J connectivity index is 2.03. The molecule has 1 unspecified atom stereocenters. The van der Waals surface area contributed by atoms with Gasteiger partial charge in [-0.25, -0.2) is 0 Å². The summed E-state index contributed by atoms with van der Waals surface area (Å²) in [5, 5.41) is 3.17. The normalized spacial score (nSPS) is 29.2. The van der Waals surface area contributed by atoms with Crippen molar-refractivity contribution in [1.29, 1.82) is 0 Å². The maximum Gasteiger partial charge on any atom is 0.281 e. The maximum absolute atomic E-state index is 12.9. The monoisotopic (exact) mass is 317 g/mol. The van der Waals surface area contributed by atoms with Crippen molar-refractivity contribution >= 4 is 10.2 Å². The summed E-state index contributed by atoms with van der Waals surface area (Å²) in [5.41, 5.74) is 0.265. The van der Waals surface area contributed by atoms with Crippen LogP contribution in [0.2, 0.25) is 0 Å². The molecule has 0 aromatic carbocycles.